The fourth-order valence-electron chi connectivity index (χ4n) is 6.06. The van der Waals surface area contributed by atoms with Crippen molar-refractivity contribution < 1.29 is 18.7 Å². The molecule has 7 rings (SSSR count). The summed E-state index contributed by atoms with van der Waals surface area (Å²) in [6.07, 6.45) is 4.23. The zero-order valence-electron chi connectivity index (χ0n) is 25.5. The summed E-state index contributed by atoms with van der Waals surface area (Å²) in [5.74, 6) is -0.570. The lowest BCUT2D eigenvalue weighted by atomic mass is 9.86. The molecule has 0 spiro atoms. The molecule has 1 atom stereocenters. The summed E-state index contributed by atoms with van der Waals surface area (Å²) >= 11 is 0. The molecule has 2 N–H and O–H groups in total. The van der Waals surface area contributed by atoms with E-state index in [0.29, 0.717) is 38.9 Å². The lowest BCUT2D eigenvalue weighted by molar-refractivity contribution is 0.101. The standard InChI is InChI=1S/C35H29F2N7O2/c1-18(2)44-19(3)40-32-25(36)12-22(13-29(32)44)31-26(37)17-39-34(43-31)42-30-10-9-21(16-38-30)33(45)24-14-35(4,46)15-28-23(24)11-20-7-5-6-8-27(20)41-28/h5-13,15-18,46H,14H2,1-4H3,(H,38,39,42,43). The average molecular weight is 618 g/mol. The first-order chi connectivity index (χ1) is 22.0. The number of aromatic nitrogens is 6. The number of fused-ring (bicyclic) bond motifs is 3. The molecule has 0 bridgehead atoms. The van der Waals surface area contributed by atoms with Crippen molar-refractivity contribution in [2.45, 2.75) is 45.8 Å². The van der Waals surface area contributed by atoms with E-state index < -0.39 is 17.2 Å². The Labute approximate surface area is 262 Å². The van der Waals surface area contributed by atoms with Crippen molar-refractivity contribution in [1.29, 1.82) is 0 Å². The van der Waals surface area contributed by atoms with E-state index >= 15 is 4.39 Å². The summed E-state index contributed by atoms with van der Waals surface area (Å²) in [5.41, 5.74) is 1.18. The molecular weight excluding hydrogens is 588 g/mol. The lowest BCUT2D eigenvalue weighted by Gasteiger charge is -2.24. The first-order valence-corrected chi connectivity index (χ1v) is 14.8. The number of rotatable bonds is 6. The Morgan fingerprint density at radius 1 is 1.00 bits per heavy atom. The molecule has 9 nitrogen and oxygen atoms in total. The molecule has 11 heteroatoms. The van der Waals surface area contributed by atoms with Crippen LogP contribution in [0.1, 0.15) is 49.4 Å². The number of Topliss-reactive ketones (excluding diaryl/α,β-unsaturated/α-hetero) is 1. The van der Waals surface area contributed by atoms with Gasteiger partial charge >= 0.3 is 0 Å². The number of nitrogens with zero attached hydrogens (tertiary/aromatic N) is 6. The van der Waals surface area contributed by atoms with Gasteiger partial charge < -0.3 is 15.0 Å². The molecule has 0 saturated carbocycles. The number of aryl methyl sites for hydroxylation is 1. The second kappa shape index (κ2) is 10.9. The van der Waals surface area contributed by atoms with Gasteiger partial charge in [0.05, 0.1) is 28.2 Å². The summed E-state index contributed by atoms with van der Waals surface area (Å²) in [6, 6.07) is 15.6. The highest BCUT2D eigenvalue weighted by molar-refractivity contribution is 6.24. The Kier molecular flexibility index (Phi) is 6.93. The SMILES string of the molecule is Cc1nc2c(F)cc(-c3nc(Nc4ccc(C(=O)C5=c6cc7ccccc7nc6=CC(C)(O)C5)cn4)ncc3F)cc2n1C(C)C. The molecule has 4 aromatic heterocycles. The van der Waals surface area contributed by atoms with Gasteiger partial charge in [0.25, 0.3) is 0 Å². The molecule has 4 heterocycles. The normalized spacial score (nSPS) is 16.1. The molecule has 230 valence electrons. The topological polar surface area (TPSA) is 119 Å². The van der Waals surface area contributed by atoms with E-state index in [1.54, 1.807) is 38.1 Å². The first kappa shape index (κ1) is 29.3. The van der Waals surface area contributed by atoms with Crippen molar-refractivity contribution in [3.63, 3.8) is 0 Å². The summed E-state index contributed by atoms with van der Waals surface area (Å²) < 4.78 is 31.9. The quantitative estimate of drug-likeness (QED) is 0.241. The molecule has 0 amide bonds. The van der Waals surface area contributed by atoms with Crippen LogP contribution in [0, 0.1) is 18.6 Å². The number of imidazole rings is 1. The van der Waals surface area contributed by atoms with E-state index in [-0.39, 0.29) is 41.0 Å². The van der Waals surface area contributed by atoms with Crippen LogP contribution in [0.5, 0.6) is 0 Å². The number of hydrogen-bond acceptors (Lipinski definition) is 8. The largest absolute Gasteiger partial charge is 0.386 e. The second-order valence-corrected chi connectivity index (χ2v) is 12.0. The minimum absolute atomic E-state index is 0.0161. The minimum Gasteiger partial charge on any atom is -0.386 e. The van der Waals surface area contributed by atoms with E-state index in [0.717, 1.165) is 17.1 Å². The number of benzene rings is 2. The Bertz CT molecular complexity index is 2330. The molecule has 0 radical (unpaired) electrons. The highest BCUT2D eigenvalue weighted by Gasteiger charge is 2.28. The number of ketones is 1. The molecule has 0 fully saturated rings. The summed E-state index contributed by atoms with van der Waals surface area (Å²) in [6.45, 7) is 7.37. The highest BCUT2D eigenvalue weighted by atomic mass is 19.1. The zero-order valence-corrected chi connectivity index (χ0v) is 25.5. The lowest BCUT2D eigenvalue weighted by Crippen LogP contribution is -2.42. The fourth-order valence-corrected chi connectivity index (χ4v) is 6.06. The maximum absolute atomic E-state index is 15.1. The van der Waals surface area contributed by atoms with E-state index in [9.17, 15) is 14.3 Å². The fraction of sp³-hybridized carbons (Fsp3) is 0.200. The predicted molar refractivity (Wildman–Crippen MR) is 172 cm³/mol. The van der Waals surface area contributed by atoms with E-state index in [2.05, 4.69) is 30.2 Å². The third kappa shape index (κ3) is 5.18. The number of pyridine rings is 2. The average Bonchev–Trinajstić information content (AvgIpc) is 3.37. The number of anilines is 2. The van der Waals surface area contributed by atoms with E-state index in [1.807, 2.05) is 48.7 Å². The molecule has 0 aliphatic heterocycles. The molecule has 1 aliphatic rings. The van der Waals surface area contributed by atoms with Crippen molar-refractivity contribution in [1.82, 2.24) is 29.5 Å². The molecule has 1 aliphatic carbocycles. The molecular formula is C35H29F2N7O2. The van der Waals surface area contributed by atoms with Crippen LogP contribution in [0.2, 0.25) is 0 Å². The third-order valence-electron chi connectivity index (χ3n) is 8.06. The van der Waals surface area contributed by atoms with Crippen molar-refractivity contribution in [3.8, 4) is 11.3 Å². The van der Waals surface area contributed by atoms with Gasteiger partial charge in [-0.1, -0.05) is 18.2 Å². The molecule has 6 aromatic rings. The van der Waals surface area contributed by atoms with Crippen LogP contribution in [0.3, 0.4) is 0 Å². The van der Waals surface area contributed by atoms with Gasteiger partial charge in [-0.15, -0.1) is 0 Å². The van der Waals surface area contributed by atoms with Gasteiger partial charge in [0.2, 0.25) is 5.95 Å². The highest BCUT2D eigenvalue weighted by Crippen LogP contribution is 2.31. The smallest absolute Gasteiger partial charge is 0.229 e. The van der Waals surface area contributed by atoms with Gasteiger partial charge in [-0.3, -0.25) is 4.79 Å². The number of halogens is 2. The Balaban J connectivity index is 1.20. The third-order valence-corrected chi connectivity index (χ3v) is 8.06. The van der Waals surface area contributed by atoms with Crippen LogP contribution >= 0.6 is 0 Å². The number of hydrogen-bond donors (Lipinski definition) is 2. The van der Waals surface area contributed by atoms with Crippen LogP contribution in [0.4, 0.5) is 20.5 Å². The number of aliphatic hydroxyl groups is 1. The van der Waals surface area contributed by atoms with Gasteiger partial charge in [0, 0.05) is 46.0 Å². The van der Waals surface area contributed by atoms with Crippen LogP contribution in [0.15, 0.2) is 67.0 Å². The van der Waals surface area contributed by atoms with Gasteiger partial charge in [-0.2, -0.15) is 0 Å². The molecule has 2 aromatic carbocycles. The molecule has 1 unspecified atom stereocenters. The van der Waals surface area contributed by atoms with Gasteiger partial charge in [0.1, 0.15) is 22.9 Å². The maximum atomic E-state index is 15.1. The van der Waals surface area contributed by atoms with Crippen molar-refractivity contribution in [3.05, 3.63) is 101 Å². The number of nitrogens with one attached hydrogen (secondary N) is 1. The predicted octanol–water partition coefficient (Wildman–Crippen LogP) is 5.32. The Morgan fingerprint density at radius 2 is 1.80 bits per heavy atom. The van der Waals surface area contributed by atoms with Crippen molar-refractivity contribution in [2.24, 2.45) is 0 Å². The summed E-state index contributed by atoms with van der Waals surface area (Å²) in [4.78, 5) is 35.5. The minimum atomic E-state index is -1.25. The number of carbonyl (C=O) groups excluding carboxylic acids is 1. The summed E-state index contributed by atoms with van der Waals surface area (Å²) in [5, 5.41) is 16.0. The maximum Gasteiger partial charge on any atom is 0.229 e. The van der Waals surface area contributed by atoms with Crippen LogP contribution in [-0.4, -0.2) is 46.0 Å². The van der Waals surface area contributed by atoms with Crippen molar-refractivity contribution in [2.75, 3.05) is 5.32 Å². The van der Waals surface area contributed by atoms with Crippen LogP contribution in [0.25, 0.3) is 44.8 Å². The Hall–Kier alpha value is -5.42. The second-order valence-electron chi connectivity index (χ2n) is 12.0. The van der Waals surface area contributed by atoms with Crippen molar-refractivity contribution >= 4 is 51.1 Å². The molecule has 46 heavy (non-hydrogen) atoms. The van der Waals surface area contributed by atoms with Crippen LogP contribution < -0.4 is 15.9 Å². The Morgan fingerprint density at radius 3 is 2.57 bits per heavy atom. The molecule has 0 saturated heterocycles. The van der Waals surface area contributed by atoms with Gasteiger partial charge in [-0.05, 0) is 70.2 Å². The monoisotopic (exact) mass is 617 g/mol. The first-order valence-electron chi connectivity index (χ1n) is 14.8. The van der Waals surface area contributed by atoms with Gasteiger partial charge in [0.15, 0.2) is 17.4 Å². The van der Waals surface area contributed by atoms with Crippen LogP contribution in [-0.2, 0) is 0 Å². The number of carbonyl (C=O) groups is 1. The van der Waals surface area contributed by atoms with E-state index in [1.165, 1.54) is 12.3 Å². The zero-order chi connectivity index (χ0) is 32.3. The summed E-state index contributed by atoms with van der Waals surface area (Å²) in [7, 11) is 0. The van der Waals surface area contributed by atoms with E-state index in [4.69, 9.17) is 0 Å². The van der Waals surface area contributed by atoms with Gasteiger partial charge in [-0.25, -0.2) is 33.7 Å². The number of para-hydroxylation sites is 1.